The Kier molecular flexibility index (Phi) is 6.54. The van der Waals surface area contributed by atoms with Crippen LogP contribution >= 0.6 is 11.3 Å². The van der Waals surface area contributed by atoms with Gasteiger partial charge in [-0.2, -0.15) is 5.10 Å². The highest BCUT2D eigenvalue weighted by Crippen LogP contribution is 2.34. The van der Waals surface area contributed by atoms with Crippen molar-refractivity contribution in [3.8, 4) is 22.1 Å². The highest BCUT2D eigenvalue weighted by atomic mass is 32.1. The molecule has 7 nitrogen and oxygen atoms in total. The van der Waals surface area contributed by atoms with E-state index in [0.29, 0.717) is 6.54 Å². The van der Waals surface area contributed by atoms with Crippen LogP contribution in [0, 0.1) is 6.92 Å². The van der Waals surface area contributed by atoms with Gasteiger partial charge in [-0.1, -0.05) is 23.5 Å². The third-order valence-corrected chi connectivity index (χ3v) is 6.39. The summed E-state index contributed by atoms with van der Waals surface area (Å²) in [5.41, 5.74) is 2.94. The molecule has 0 spiro atoms. The van der Waals surface area contributed by atoms with E-state index in [1.54, 1.807) is 25.6 Å². The lowest BCUT2D eigenvalue weighted by molar-refractivity contribution is 0.00403. The molecular weight excluding hydrogens is 400 g/mol. The van der Waals surface area contributed by atoms with Crippen LogP contribution in [-0.2, 0) is 17.8 Å². The van der Waals surface area contributed by atoms with E-state index in [4.69, 9.17) is 19.3 Å². The summed E-state index contributed by atoms with van der Waals surface area (Å²) < 4.78 is 18.7. The van der Waals surface area contributed by atoms with Gasteiger partial charge in [0.15, 0.2) is 16.6 Å². The summed E-state index contributed by atoms with van der Waals surface area (Å²) in [5, 5.41) is 9.03. The lowest BCUT2D eigenvalue weighted by atomic mass is 10.1. The number of benzene rings is 1. The third-order valence-electron chi connectivity index (χ3n) is 5.25. The van der Waals surface area contributed by atoms with E-state index in [9.17, 15) is 0 Å². The van der Waals surface area contributed by atoms with Gasteiger partial charge < -0.3 is 19.5 Å². The summed E-state index contributed by atoms with van der Waals surface area (Å²) in [6, 6.07) is 7.92. The largest absolute Gasteiger partial charge is 0.493 e. The number of aromatic nitrogens is 3. The molecule has 0 amide bonds. The lowest BCUT2D eigenvalue weighted by Crippen LogP contribution is -2.24. The summed E-state index contributed by atoms with van der Waals surface area (Å²) in [4.78, 5) is 5.77. The molecule has 3 heterocycles. The van der Waals surface area contributed by atoms with Gasteiger partial charge in [0, 0.05) is 24.9 Å². The maximum Gasteiger partial charge on any atom is 0.183 e. The summed E-state index contributed by atoms with van der Waals surface area (Å²) in [7, 11) is 3.30. The second-order valence-electron chi connectivity index (χ2n) is 7.35. The SMILES string of the molecule is COc1cccc(CNc2nc(C)c(-c3ccn(C[C@H]4CCCCO4)n3)s2)c1OC. The zero-order valence-corrected chi connectivity index (χ0v) is 18.5. The number of anilines is 1. The monoisotopic (exact) mass is 428 g/mol. The van der Waals surface area contributed by atoms with Crippen LogP contribution in [0.4, 0.5) is 5.13 Å². The van der Waals surface area contributed by atoms with Crippen molar-refractivity contribution < 1.29 is 14.2 Å². The molecule has 4 rings (SSSR count). The van der Waals surface area contributed by atoms with Crippen molar-refractivity contribution in [3.63, 3.8) is 0 Å². The van der Waals surface area contributed by atoms with Crippen molar-refractivity contribution >= 4 is 16.5 Å². The molecule has 1 saturated heterocycles. The van der Waals surface area contributed by atoms with E-state index in [2.05, 4.69) is 16.4 Å². The average molecular weight is 429 g/mol. The van der Waals surface area contributed by atoms with Gasteiger partial charge in [-0.15, -0.1) is 0 Å². The molecule has 3 aromatic rings. The molecule has 1 N–H and O–H groups in total. The Morgan fingerprint density at radius 1 is 1.23 bits per heavy atom. The fourth-order valence-electron chi connectivity index (χ4n) is 3.72. The first kappa shape index (κ1) is 20.7. The predicted molar refractivity (Wildman–Crippen MR) is 119 cm³/mol. The Hall–Kier alpha value is -2.58. The Balaban J connectivity index is 1.44. The molecule has 1 atom stereocenters. The minimum Gasteiger partial charge on any atom is -0.493 e. The molecule has 0 saturated carbocycles. The van der Waals surface area contributed by atoms with Crippen molar-refractivity contribution in [3.05, 3.63) is 41.7 Å². The van der Waals surface area contributed by atoms with Gasteiger partial charge in [0.1, 0.15) is 5.69 Å². The number of nitrogens with one attached hydrogen (secondary N) is 1. The fourth-order valence-corrected chi connectivity index (χ4v) is 4.64. The first-order valence-corrected chi connectivity index (χ1v) is 11.1. The van der Waals surface area contributed by atoms with Gasteiger partial charge in [-0.3, -0.25) is 4.68 Å². The predicted octanol–water partition coefficient (Wildman–Crippen LogP) is 4.51. The smallest absolute Gasteiger partial charge is 0.183 e. The fraction of sp³-hybridized carbons (Fsp3) is 0.455. The Labute approximate surface area is 181 Å². The minimum absolute atomic E-state index is 0.268. The Morgan fingerprint density at radius 3 is 2.90 bits per heavy atom. The van der Waals surface area contributed by atoms with Gasteiger partial charge in [0.05, 0.1) is 37.4 Å². The van der Waals surface area contributed by atoms with Crippen LogP contribution in [0.1, 0.15) is 30.5 Å². The molecule has 1 aliphatic rings. The normalized spacial score (nSPS) is 16.4. The molecule has 0 aliphatic carbocycles. The first-order valence-electron chi connectivity index (χ1n) is 10.2. The highest BCUT2D eigenvalue weighted by Gasteiger charge is 2.17. The second kappa shape index (κ2) is 9.49. The van der Waals surface area contributed by atoms with Crippen LogP contribution in [0.25, 0.3) is 10.6 Å². The van der Waals surface area contributed by atoms with Crippen LogP contribution in [0.3, 0.4) is 0 Å². The Morgan fingerprint density at radius 2 is 2.13 bits per heavy atom. The number of ether oxygens (including phenoxy) is 3. The number of para-hydroxylation sites is 1. The minimum atomic E-state index is 0.268. The number of aryl methyl sites for hydroxylation is 1. The van der Waals surface area contributed by atoms with Crippen molar-refractivity contribution in [2.45, 2.75) is 45.4 Å². The standard InChI is InChI=1S/C22H28N4O3S/c1-15-21(18-10-11-26(25-18)14-17-8-4-5-12-29-17)30-22(24-15)23-13-16-7-6-9-19(27-2)20(16)28-3/h6-7,9-11,17H,4-5,8,12-14H2,1-3H3,(H,23,24)/t17-/m1/s1. The summed E-state index contributed by atoms with van der Waals surface area (Å²) in [6.07, 6.45) is 5.80. The molecule has 0 bridgehead atoms. The Bertz CT molecular complexity index is 979. The van der Waals surface area contributed by atoms with E-state index >= 15 is 0 Å². The van der Waals surface area contributed by atoms with E-state index in [0.717, 1.165) is 58.0 Å². The molecule has 2 aromatic heterocycles. The van der Waals surface area contributed by atoms with Gasteiger partial charge in [0.2, 0.25) is 0 Å². The number of hydrogen-bond donors (Lipinski definition) is 1. The van der Waals surface area contributed by atoms with Crippen molar-refractivity contribution in [2.75, 3.05) is 26.1 Å². The van der Waals surface area contributed by atoms with Gasteiger partial charge in [-0.05, 0) is 38.3 Å². The van der Waals surface area contributed by atoms with E-state index in [1.807, 2.05) is 36.0 Å². The van der Waals surface area contributed by atoms with Crippen molar-refractivity contribution in [1.29, 1.82) is 0 Å². The van der Waals surface area contributed by atoms with Crippen LogP contribution in [0.5, 0.6) is 11.5 Å². The summed E-state index contributed by atoms with van der Waals surface area (Å²) in [6.45, 7) is 4.28. The van der Waals surface area contributed by atoms with E-state index in [-0.39, 0.29) is 6.10 Å². The first-order chi connectivity index (χ1) is 14.7. The molecule has 0 unspecified atom stereocenters. The molecule has 8 heteroatoms. The highest BCUT2D eigenvalue weighted by molar-refractivity contribution is 7.19. The topological polar surface area (TPSA) is 70.4 Å². The number of hydrogen-bond acceptors (Lipinski definition) is 7. The van der Waals surface area contributed by atoms with E-state index in [1.165, 1.54) is 12.8 Å². The maximum atomic E-state index is 5.83. The zero-order valence-electron chi connectivity index (χ0n) is 17.7. The molecular formula is C22H28N4O3S. The molecule has 0 radical (unpaired) electrons. The third kappa shape index (κ3) is 4.60. The van der Waals surface area contributed by atoms with Gasteiger partial charge in [0.25, 0.3) is 0 Å². The summed E-state index contributed by atoms with van der Waals surface area (Å²) in [5.74, 6) is 1.46. The molecule has 1 aromatic carbocycles. The van der Waals surface area contributed by atoms with Crippen LogP contribution in [-0.4, -0.2) is 41.7 Å². The van der Waals surface area contributed by atoms with Crippen LogP contribution in [0.15, 0.2) is 30.5 Å². The molecule has 160 valence electrons. The van der Waals surface area contributed by atoms with Gasteiger partial charge in [-0.25, -0.2) is 4.98 Å². The number of rotatable bonds is 8. The number of thiazole rings is 1. The number of methoxy groups -OCH3 is 2. The molecule has 1 aliphatic heterocycles. The van der Waals surface area contributed by atoms with Crippen LogP contribution in [0.2, 0.25) is 0 Å². The van der Waals surface area contributed by atoms with Crippen molar-refractivity contribution in [1.82, 2.24) is 14.8 Å². The molecule has 1 fully saturated rings. The van der Waals surface area contributed by atoms with Gasteiger partial charge >= 0.3 is 0 Å². The zero-order chi connectivity index (χ0) is 20.9. The quantitative estimate of drug-likeness (QED) is 0.569. The summed E-state index contributed by atoms with van der Waals surface area (Å²) >= 11 is 1.61. The molecule has 30 heavy (non-hydrogen) atoms. The van der Waals surface area contributed by atoms with Crippen LogP contribution < -0.4 is 14.8 Å². The second-order valence-corrected chi connectivity index (χ2v) is 8.35. The lowest BCUT2D eigenvalue weighted by Gasteiger charge is -2.22. The number of nitrogens with zero attached hydrogens (tertiary/aromatic N) is 3. The van der Waals surface area contributed by atoms with Crippen molar-refractivity contribution in [2.24, 2.45) is 0 Å². The maximum absolute atomic E-state index is 5.83. The van der Waals surface area contributed by atoms with E-state index < -0.39 is 0 Å². The average Bonchev–Trinajstić information content (AvgIpc) is 3.38.